The smallest absolute Gasteiger partial charge is 0.274 e. The minimum Gasteiger partial charge on any atom is -0.489 e. The highest BCUT2D eigenvalue weighted by molar-refractivity contribution is 6.04. The molecule has 1 aromatic heterocycles. The monoisotopic (exact) mass is 382 g/mol. The van der Waals surface area contributed by atoms with Gasteiger partial charge in [-0.15, -0.1) is 0 Å². The van der Waals surface area contributed by atoms with Crippen LogP contribution in [0.15, 0.2) is 30.3 Å². The fourth-order valence-corrected chi connectivity index (χ4v) is 3.65. The molecule has 1 saturated heterocycles. The highest BCUT2D eigenvalue weighted by Gasteiger charge is 2.24. The van der Waals surface area contributed by atoms with Crippen molar-refractivity contribution < 1.29 is 9.53 Å². The highest BCUT2D eigenvalue weighted by Crippen LogP contribution is 2.27. The third-order valence-corrected chi connectivity index (χ3v) is 4.95. The summed E-state index contributed by atoms with van der Waals surface area (Å²) in [5, 5.41) is 2.94. The molecule has 1 unspecified atom stereocenters. The second-order valence-electron chi connectivity index (χ2n) is 7.53. The quantitative estimate of drug-likeness (QED) is 0.791. The van der Waals surface area contributed by atoms with E-state index in [-0.39, 0.29) is 12.0 Å². The molecule has 0 spiro atoms. The first-order valence-electron chi connectivity index (χ1n) is 10.2. The molecule has 1 atom stereocenters. The maximum Gasteiger partial charge on any atom is 0.274 e. The fourth-order valence-electron chi connectivity index (χ4n) is 3.65. The van der Waals surface area contributed by atoms with Crippen molar-refractivity contribution in [2.45, 2.75) is 65.5 Å². The van der Waals surface area contributed by atoms with Crippen LogP contribution in [0, 0.1) is 6.92 Å². The molecule has 0 bridgehead atoms. The van der Waals surface area contributed by atoms with E-state index in [0.29, 0.717) is 29.0 Å². The second kappa shape index (κ2) is 9.04. The van der Waals surface area contributed by atoms with Crippen molar-refractivity contribution in [1.82, 2.24) is 9.97 Å². The Morgan fingerprint density at radius 1 is 1.29 bits per heavy atom. The number of carbonyl (C=O) groups is 1. The molecule has 0 saturated carbocycles. The van der Waals surface area contributed by atoms with Crippen molar-refractivity contribution >= 4 is 17.4 Å². The van der Waals surface area contributed by atoms with Crippen molar-refractivity contribution in [2.24, 2.45) is 0 Å². The van der Waals surface area contributed by atoms with Crippen LogP contribution >= 0.6 is 0 Å². The van der Waals surface area contributed by atoms with Gasteiger partial charge in [0.1, 0.15) is 23.1 Å². The Morgan fingerprint density at radius 2 is 2.07 bits per heavy atom. The number of para-hydroxylation sites is 2. The first-order chi connectivity index (χ1) is 13.5. The van der Waals surface area contributed by atoms with Gasteiger partial charge in [-0.1, -0.05) is 19.1 Å². The van der Waals surface area contributed by atoms with E-state index in [1.54, 1.807) is 0 Å². The van der Waals surface area contributed by atoms with Crippen molar-refractivity contribution in [1.29, 1.82) is 0 Å². The second-order valence-corrected chi connectivity index (χ2v) is 7.53. The van der Waals surface area contributed by atoms with Crippen LogP contribution in [0.2, 0.25) is 0 Å². The van der Waals surface area contributed by atoms with Gasteiger partial charge in [-0.05, 0) is 58.6 Å². The number of piperidine rings is 1. The van der Waals surface area contributed by atoms with Gasteiger partial charge in [0, 0.05) is 18.7 Å². The lowest BCUT2D eigenvalue weighted by Gasteiger charge is -2.36. The van der Waals surface area contributed by atoms with Crippen LogP contribution in [0.1, 0.15) is 62.8 Å². The van der Waals surface area contributed by atoms with E-state index in [9.17, 15) is 4.79 Å². The summed E-state index contributed by atoms with van der Waals surface area (Å²) in [5.74, 6) is 1.85. The van der Waals surface area contributed by atoms with Gasteiger partial charge < -0.3 is 15.0 Å². The average Bonchev–Trinajstić information content (AvgIpc) is 2.68. The SMILES string of the molecule is CCC1CCCCN1c1cc(C(=O)Nc2ccccc2OC(C)C)nc(C)n1. The zero-order valence-corrected chi connectivity index (χ0v) is 17.2. The molecule has 2 heterocycles. The lowest BCUT2D eigenvalue weighted by Crippen LogP contribution is -2.40. The standard InChI is InChI=1S/C22H30N4O2/c1-5-17-10-8-9-13-26(17)21-14-19(23-16(4)24-21)22(27)25-18-11-6-7-12-20(18)28-15(2)3/h6-7,11-12,14-15,17H,5,8-10,13H2,1-4H3,(H,25,27). The number of aryl methyl sites for hydroxylation is 1. The molecule has 1 N–H and O–H groups in total. The summed E-state index contributed by atoms with van der Waals surface area (Å²) in [4.78, 5) is 24.2. The lowest BCUT2D eigenvalue weighted by molar-refractivity contribution is 0.102. The third-order valence-electron chi connectivity index (χ3n) is 4.95. The minimum atomic E-state index is -0.253. The summed E-state index contributed by atoms with van der Waals surface area (Å²) in [7, 11) is 0. The summed E-state index contributed by atoms with van der Waals surface area (Å²) in [6.07, 6.45) is 4.67. The van der Waals surface area contributed by atoms with Gasteiger partial charge in [0.15, 0.2) is 0 Å². The zero-order chi connectivity index (χ0) is 20.1. The van der Waals surface area contributed by atoms with Crippen molar-refractivity contribution in [3.8, 4) is 5.75 Å². The Kier molecular flexibility index (Phi) is 6.49. The van der Waals surface area contributed by atoms with Crippen LogP contribution in [-0.4, -0.2) is 34.6 Å². The molecule has 1 aliphatic rings. The number of rotatable bonds is 6. The molecule has 1 aromatic carbocycles. The normalized spacial score (nSPS) is 16.9. The van der Waals surface area contributed by atoms with Gasteiger partial charge in [0.05, 0.1) is 11.8 Å². The van der Waals surface area contributed by atoms with Crippen LogP contribution in [0.3, 0.4) is 0 Å². The number of aromatic nitrogens is 2. The van der Waals surface area contributed by atoms with Gasteiger partial charge in [-0.25, -0.2) is 9.97 Å². The van der Waals surface area contributed by atoms with E-state index >= 15 is 0 Å². The summed E-state index contributed by atoms with van der Waals surface area (Å²) in [6, 6.07) is 9.73. The van der Waals surface area contributed by atoms with E-state index < -0.39 is 0 Å². The highest BCUT2D eigenvalue weighted by atomic mass is 16.5. The molecular formula is C22H30N4O2. The van der Waals surface area contributed by atoms with Crippen LogP contribution < -0.4 is 15.0 Å². The molecule has 0 aliphatic carbocycles. The van der Waals surface area contributed by atoms with Gasteiger partial charge in [-0.3, -0.25) is 4.79 Å². The summed E-state index contributed by atoms with van der Waals surface area (Å²) < 4.78 is 5.80. The largest absolute Gasteiger partial charge is 0.489 e. The molecular weight excluding hydrogens is 352 g/mol. The molecule has 2 aromatic rings. The van der Waals surface area contributed by atoms with Crippen LogP contribution in [0.25, 0.3) is 0 Å². The molecule has 150 valence electrons. The zero-order valence-electron chi connectivity index (χ0n) is 17.2. The number of carbonyl (C=O) groups excluding carboxylic acids is 1. The van der Waals surface area contributed by atoms with Crippen molar-refractivity contribution in [3.05, 3.63) is 41.9 Å². The average molecular weight is 383 g/mol. The van der Waals surface area contributed by atoms with Crippen molar-refractivity contribution in [3.63, 3.8) is 0 Å². The maximum atomic E-state index is 12.9. The molecule has 28 heavy (non-hydrogen) atoms. The Labute approximate surface area is 167 Å². The molecule has 1 fully saturated rings. The van der Waals surface area contributed by atoms with Gasteiger partial charge in [-0.2, -0.15) is 0 Å². The summed E-state index contributed by atoms with van der Waals surface area (Å²) in [6.45, 7) is 8.93. The van der Waals surface area contributed by atoms with E-state index in [0.717, 1.165) is 25.2 Å². The Morgan fingerprint density at radius 3 is 2.82 bits per heavy atom. The maximum absolute atomic E-state index is 12.9. The molecule has 6 nitrogen and oxygen atoms in total. The molecule has 0 radical (unpaired) electrons. The number of nitrogens with one attached hydrogen (secondary N) is 1. The van der Waals surface area contributed by atoms with Gasteiger partial charge in [0.2, 0.25) is 0 Å². The summed E-state index contributed by atoms with van der Waals surface area (Å²) >= 11 is 0. The van der Waals surface area contributed by atoms with Crippen LogP contribution in [-0.2, 0) is 0 Å². The number of hydrogen-bond donors (Lipinski definition) is 1. The van der Waals surface area contributed by atoms with Gasteiger partial charge in [0.25, 0.3) is 5.91 Å². The molecule has 6 heteroatoms. The first kappa shape index (κ1) is 20.1. The summed E-state index contributed by atoms with van der Waals surface area (Å²) in [5.41, 5.74) is 1.02. The van der Waals surface area contributed by atoms with E-state index in [1.165, 1.54) is 12.8 Å². The minimum absolute atomic E-state index is 0.0241. The first-order valence-corrected chi connectivity index (χ1v) is 10.2. The Hall–Kier alpha value is -2.63. The molecule has 3 rings (SSSR count). The number of hydrogen-bond acceptors (Lipinski definition) is 5. The molecule has 1 amide bonds. The number of benzene rings is 1. The Bertz CT molecular complexity index is 822. The predicted molar refractivity (Wildman–Crippen MR) is 112 cm³/mol. The lowest BCUT2D eigenvalue weighted by atomic mass is 10.00. The van der Waals surface area contributed by atoms with Crippen LogP contribution in [0.4, 0.5) is 11.5 Å². The predicted octanol–water partition coefficient (Wildman–Crippen LogP) is 4.59. The van der Waals surface area contributed by atoms with Gasteiger partial charge >= 0.3 is 0 Å². The Balaban J connectivity index is 1.84. The number of nitrogens with zero attached hydrogens (tertiary/aromatic N) is 3. The number of amides is 1. The fraction of sp³-hybridized carbons (Fsp3) is 0.500. The molecule has 1 aliphatic heterocycles. The van der Waals surface area contributed by atoms with Crippen LogP contribution in [0.5, 0.6) is 5.75 Å². The van der Waals surface area contributed by atoms with Crippen molar-refractivity contribution in [2.75, 3.05) is 16.8 Å². The van der Waals surface area contributed by atoms with E-state index in [2.05, 4.69) is 27.1 Å². The van der Waals surface area contributed by atoms with E-state index in [4.69, 9.17) is 4.74 Å². The third kappa shape index (κ3) is 4.80. The topological polar surface area (TPSA) is 67.4 Å². The number of ether oxygens (including phenoxy) is 1. The van der Waals surface area contributed by atoms with E-state index in [1.807, 2.05) is 51.1 Å². The number of anilines is 2.